The Balaban J connectivity index is 2.11. The maximum atomic E-state index is 2.57. The van der Waals surface area contributed by atoms with Crippen LogP contribution in [0.1, 0.15) is 53.4 Å². The fraction of sp³-hybridized carbons (Fsp3) is 0.867. The number of fused-ring (bicyclic) bond motifs is 1. The summed E-state index contributed by atoms with van der Waals surface area (Å²) in [7, 11) is 0. The van der Waals surface area contributed by atoms with Gasteiger partial charge in [0, 0.05) is 0 Å². The van der Waals surface area contributed by atoms with Crippen molar-refractivity contribution in [2.45, 2.75) is 53.4 Å². The van der Waals surface area contributed by atoms with Crippen molar-refractivity contribution in [3.63, 3.8) is 0 Å². The zero-order chi connectivity index (χ0) is 10.8. The van der Waals surface area contributed by atoms with E-state index in [0.717, 1.165) is 17.8 Å². The molecule has 0 saturated heterocycles. The topological polar surface area (TPSA) is 0 Å². The minimum absolute atomic E-state index is 0.571. The molecule has 84 valence electrons. The molecule has 0 aromatic heterocycles. The van der Waals surface area contributed by atoms with Gasteiger partial charge in [0.15, 0.2) is 0 Å². The van der Waals surface area contributed by atoms with E-state index in [4.69, 9.17) is 0 Å². The second kappa shape index (κ2) is 2.70. The third kappa shape index (κ3) is 0.990. The molecule has 0 heterocycles. The normalized spacial score (nSPS) is 51.5. The maximum absolute atomic E-state index is 2.57. The Labute approximate surface area is 94.1 Å². The largest absolute Gasteiger partial charge is 0.0847 e. The first-order chi connectivity index (χ1) is 6.98. The molecule has 15 heavy (non-hydrogen) atoms. The summed E-state index contributed by atoms with van der Waals surface area (Å²) in [5, 5.41) is 0. The van der Waals surface area contributed by atoms with Gasteiger partial charge in [-0.15, -0.1) is 0 Å². The molecule has 3 rings (SSSR count). The number of hydrogen-bond acceptors (Lipinski definition) is 0. The molecule has 0 aliphatic heterocycles. The molecule has 0 amide bonds. The van der Waals surface area contributed by atoms with Gasteiger partial charge in [-0.25, -0.2) is 0 Å². The van der Waals surface area contributed by atoms with E-state index in [2.05, 4.69) is 33.8 Å². The average molecular weight is 204 g/mol. The summed E-state index contributed by atoms with van der Waals surface area (Å²) in [6.07, 6.45) is 8.41. The van der Waals surface area contributed by atoms with E-state index >= 15 is 0 Å². The second-order valence-corrected chi connectivity index (χ2v) is 6.99. The first kappa shape index (κ1) is 9.93. The van der Waals surface area contributed by atoms with Crippen molar-refractivity contribution in [1.82, 2.24) is 0 Å². The molecule has 2 bridgehead atoms. The van der Waals surface area contributed by atoms with Crippen molar-refractivity contribution < 1.29 is 0 Å². The van der Waals surface area contributed by atoms with Gasteiger partial charge in [-0.1, -0.05) is 32.4 Å². The Hall–Kier alpha value is -0.260. The number of allylic oxidation sites excluding steroid dienone is 2. The number of rotatable bonds is 0. The summed E-state index contributed by atoms with van der Waals surface area (Å²) >= 11 is 0. The lowest BCUT2D eigenvalue weighted by Gasteiger charge is -2.36. The predicted octanol–water partition coefficient (Wildman–Crippen LogP) is 4.42. The number of hydrogen-bond donors (Lipinski definition) is 0. The molecule has 2 saturated carbocycles. The Bertz CT molecular complexity index is 323. The SMILES string of the molecule is CC1=CC[C@]23C[C@@H]1C(C)(C)C2CC[C@H]3C. The van der Waals surface area contributed by atoms with Crippen LogP contribution in [0.3, 0.4) is 0 Å². The van der Waals surface area contributed by atoms with Crippen LogP contribution in [0.4, 0.5) is 0 Å². The van der Waals surface area contributed by atoms with E-state index < -0.39 is 0 Å². The van der Waals surface area contributed by atoms with Crippen molar-refractivity contribution >= 4 is 0 Å². The molecule has 0 aromatic carbocycles. The van der Waals surface area contributed by atoms with Gasteiger partial charge in [0.25, 0.3) is 0 Å². The first-order valence-corrected chi connectivity index (χ1v) is 6.65. The Morgan fingerprint density at radius 3 is 2.73 bits per heavy atom. The van der Waals surface area contributed by atoms with Crippen molar-refractivity contribution in [3.8, 4) is 0 Å². The molecule has 0 heteroatoms. The highest BCUT2D eigenvalue weighted by atomic mass is 14.7. The Kier molecular flexibility index (Phi) is 1.79. The molecular formula is C15H24. The van der Waals surface area contributed by atoms with Crippen LogP contribution in [0.2, 0.25) is 0 Å². The second-order valence-electron chi connectivity index (χ2n) is 6.99. The summed E-state index contributed by atoms with van der Waals surface area (Å²) in [4.78, 5) is 0. The summed E-state index contributed by atoms with van der Waals surface area (Å²) in [6.45, 7) is 9.94. The predicted molar refractivity (Wildman–Crippen MR) is 64.6 cm³/mol. The summed E-state index contributed by atoms with van der Waals surface area (Å²) in [6, 6.07) is 0. The molecule has 1 unspecified atom stereocenters. The molecule has 3 aliphatic rings. The summed E-state index contributed by atoms with van der Waals surface area (Å²) in [5.41, 5.74) is 2.96. The van der Waals surface area contributed by atoms with E-state index in [9.17, 15) is 0 Å². The average Bonchev–Trinajstić information content (AvgIpc) is 2.57. The van der Waals surface area contributed by atoms with Crippen LogP contribution in [0.15, 0.2) is 11.6 Å². The molecule has 0 nitrogen and oxygen atoms in total. The molecule has 1 spiro atoms. The third-order valence-electron chi connectivity index (χ3n) is 6.30. The first-order valence-electron chi connectivity index (χ1n) is 6.65. The van der Waals surface area contributed by atoms with Crippen molar-refractivity contribution in [3.05, 3.63) is 11.6 Å². The van der Waals surface area contributed by atoms with Gasteiger partial charge >= 0.3 is 0 Å². The van der Waals surface area contributed by atoms with Gasteiger partial charge in [-0.05, 0) is 61.2 Å². The fourth-order valence-electron chi connectivity index (χ4n) is 5.35. The molecule has 2 fully saturated rings. The van der Waals surface area contributed by atoms with Gasteiger partial charge in [0.1, 0.15) is 0 Å². The molecule has 3 aliphatic carbocycles. The lowest BCUT2D eigenvalue weighted by molar-refractivity contribution is 0.128. The van der Waals surface area contributed by atoms with Gasteiger partial charge < -0.3 is 0 Å². The Morgan fingerprint density at radius 2 is 2.00 bits per heavy atom. The molecule has 0 radical (unpaired) electrons. The van der Waals surface area contributed by atoms with Crippen molar-refractivity contribution in [1.29, 1.82) is 0 Å². The summed E-state index contributed by atoms with van der Waals surface area (Å²) in [5.74, 6) is 2.86. The molecular weight excluding hydrogens is 180 g/mol. The van der Waals surface area contributed by atoms with Crippen LogP contribution in [-0.4, -0.2) is 0 Å². The maximum Gasteiger partial charge on any atom is -0.0146 e. The van der Waals surface area contributed by atoms with Crippen molar-refractivity contribution in [2.75, 3.05) is 0 Å². The fourth-order valence-corrected chi connectivity index (χ4v) is 5.35. The van der Waals surface area contributed by atoms with Gasteiger partial charge in [0.2, 0.25) is 0 Å². The zero-order valence-corrected chi connectivity index (χ0v) is 10.6. The monoisotopic (exact) mass is 204 g/mol. The van der Waals surface area contributed by atoms with E-state index in [1.807, 2.05) is 0 Å². The Morgan fingerprint density at radius 1 is 1.27 bits per heavy atom. The molecule has 0 aromatic rings. The van der Waals surface area contributed by atoms with E-state index in [1.165, 1.54) is 25.7 Å². The minimum atomic E-state index is 0.571. The van der Waals surface area contributed by atoms with Crippen LogP contribution in [0.5, 0.6) is 0 Å². The van der Waals surface area contributed by atoms with Crippen LogP contribution in [-0.2, 0) is 0 Å². The van der Waals surface area contributed by atoms with Crippen LogP contribution >= 0.6 is 0 Å². The quantitative estimate of drug-likeness (QED) is 0.513. The summed E-state index contributed by atoms with van der Waals surface area (Å²) < 4.78 is 0. The minimum Gasteiger partial charge on any atom is -0.0847 e. The van der Waals surface area contributed by atoms with E-state index in [-0.39, 0.29) is 0 Å². The lowest BCUT2D eigenvalue weighted by atomic mass is 9.68. The molecule has 4 atom stereocenters. The molecule has 0 N–H and O–H groups in total. The van der Waals surface area contributed by atoms with Gasteiger partial charge in [0.05, 0.1) is 0 Å². The van der Waals surface area contributed by atoms with E-state index in [1.54, 1.807) is 5.57 Å². The van der Waals surface area contributed by atoms with Crippen LogP contribution in [0.25, 0.3) is 0 Å². The lowest BCUT2D eigenvalue weighted by Crippen LogP contribution is -2.30. The standard InChI is InChI=1S/C15H24/c1-10-7-8-15-9-12(10)14(3,4)13(15)6-5-11(15)2/h7,11-13H,5-6,8-9H2,1-4H3/t11-,12+,13?,15-/m1/s1. The zero-order valence-electron chi connectivity index (χ0n) is 10.6. The van der Waals surface area contributed by atoms with Gasteiger partial charge in [-0.2, -0.15) is 0 Å². The van der Waals surface area contributed by atoms with E-state index in [0.29, 0.717) is 10.8 Å². The third-order valence-corrected chi connectivity index (χ3v) is 6.30. The highest BCUT2D eigenvalue weighted by Crippen LogP contribution is 2.71. The van der Waals surface area contributed by atoms with Crippen molar-refractivity contribution in [2.24, 2.45) is 28.6 Å². The highest BCUT2D eigenvalue weighted by Gasteiger charge is 2.62. The van der Waals surface area contributed by atoms with Crippen LogP contribution < -0.4 is 0 Å². The van der Waals surface area contributed by atoms with Crippen LogP contribution in [0, 0.1) is 28.6 Å². The highest BCUT2D eigenvalue weighted by molar-refractivity contribution is 5.25. The van der Waals surface area contributed by atoms with Gasteiger partial charge in [-0.3, -0.25) is 0 Å². The smallest absolute Gasteiger partial charge is 0.0146 e.